The van der Waals surface area contributed by atoms with Gasteiger partial charge in [0.25, 0.3) is 0 Å². The van der Waals surface area contributed by atoms with Crippen molar-refractivity contribution in [2.45, 2.75) is 17.4 Å². The van der Waals surface area contributed by atoms with Gasteiger partial charge in [0.1, 0.15) is 5.75 Å². The molecule has 1 atom stereocenters. The Morgan fingerprint density at radius 1 is 1.07 bits per heavy atom. The molecule has 3 rings (SSSR count). The Kier molecular flexibility index (Phi) is 6.20. The normalized spacial score (nSPS) is 15.0. The van der Waals surface area contributed by atoms with E-state index in [-0.39, 0.29) is 11.4 Å². The maximum atomic E-state index is 12.7. The SMILES string of the molecule is COc1cccc(C(CNS(=O)(=O)c2ccc3c(c2)OCCCO3)OC)c1. The standard InChI is InChI=1S/C19H23NO6S/c1-23-15-6-3-5-14(11-15)19(24-2)13-20-27(21,22)16-7-8-17-18(12-16)26-10-4-9-25-17/h3,5-8,11-12,19-20H,4,9-10,13H2,1-2H3. The van der Waals surface area contributed by atoms with Gasteiger partial charge in [0.15, 0.2) is 11.5 Å². The van der Waals surface area contributed by atoms with E-state index in [0.717, 1.165) is 12.0 Å². The summed E-state index contributed by atoms with van der Waals surface area (Å²) in [5, 5.41) is 0. The van der Waals surface area contributed by atoms with Crippen molar-refractivity contribution in [1.29, 1.82) is 0 Å². The Morgan fingerprint density at radius 3 is 2.59 bits per heavy atom. The lowest BCUT2D eigenvalue weighted by Crippen LogP contribution is -2.29. The van der Waals surface area contributed by atoms with Gasteiger partial charge in [-0.15, -0.1) is 0 Å². The number of methoxy groups -OCH3 is 2. The molecule has 146 valence electrons. The van der Waals surface area contributed by atoms with Gasteiger partial charge < -0.3 is 18.9 Å². The number of hydrogen-bond donors (Lipinski definition) is 1. The van der Waals surface area contributed by atoms with Crippen molar-refractivity contribution in [3.8, 4) is 17.2 Å². The number of benzene rings is 2. The average Bonchev–Trinajstić information content (AvgIpc) is 2.93. The molecule has 0 spiro atoms. The van der Waals surface area contributed by atoms with E-state index in [0.29, 0.717) is 30.5 Å². The summed E-state index contributed by atoms with van der Waals surface area (Å²) >= 11 is 0. The molecule has 0 aliphatic carbocycles. The highest BCUT2D eigenvalue weighted by Crippen LogP contribution is 2.32. The molecular weight excluding hydrogens is 370 g/mol. The van der Waals surface area contributed by atoms with Crippen LogP contribution in [0.15, 0.2) is 47.4 Å². The number of ether oxygens (including phenoxy) is 4. The number of fused-ring (bicyclic) bond motifs is 1. The fraction of sp³-hybridized carbons (Fsp3) is 0.368. The fourth-order valence-electron chi connectivity index (χ4n) is 2.76. The molecule has 0 aromatic heterocycles. The van der Waals surface area contributed by atoms with Crippen molar-refractivity contribution in [2.75, 3.05) is 34.0 Å². The van der Waals surface area contributed by atoms with Crippen LogP contribution >= 0.6 is 0 Å². The van der Waals surface area contributed by atoms with Gasteiger partial charge in [0, 0.05) is 26.1 Å². The van der Waals surface area contributed by atoms with Crippen molar-refractivity contribution in [1.82, 2.24) is 4.72 Å². The third-order valence-electron chi connectivity index (χ3n) is 4.24. The zero-order valence-corrected chi connectivity index (χ0v) is 16.1. The molecule has 1 heterocycles. The smallest absolute Gasteiger partial charge is 0.240 e. The molecule has 0 fully saturated rings. The summed E-state index contributed by atoms with van der Waals surface area (Å²) in [6.45, 7) is 1.12. The minimum atomic E-state index is -3.73. The number of rotatable bonds is 7. The predicted molar refractivity (Wildman–Crippen MR) is 100.0 cm³/mol. The third-order valence-corrected chi connectivity index (χ3v) is 5.66. The minimum absolute atomic E-state index is 0.0838. The van der Waals surface area contributed by atoms with Crippen molar-refractivity contribution in [3.05, 3.63) is 48.0 Å². The first kappa shape index (κ1) is 19.5. The molecule has 1 aliphatic rings. The maximum absolute atomic E-state index is 12.7. The van der Waals surface area contributed by atoms with E-state index in [1.54, 1.807) is 13.2 Å². The summed E-state index contributed by atoms with van der Waals surface area (Å²) in [6.07, 6.45) is 0.306. The van der Waals surface area contributed by atoms with Crippen molar-refractivity contribution in [2.24, 2.45) is 0 Å². The topological polar surface area (TPSA) is 83.1 Å². The van der Waals surface area contributed by atoms with Crippen LogP contribution in [0.1, 0.15) is 18.1 Å². The Labute approximate surface area is 159 Å². The van der Waals surface area contributed by atoms with Crippen molar-refractivity contribution in [3.63, 3.8) is 0 Å². The molecule has 27 heavy (non-hydrogen) atoms. The molecule has 0 amide bonds. The lowest BCUT2D eigenvalue weighted by atomic mass is 10.1. The van der Waals surface area contributed by atoms with E-state index in [4.69, 9.17) is 18.9 Å². The Morgan fingerprint density at radius 2 is 1.85 bits per heavy atom. The molecule has 1 N–H and O–H groups in total. The molecule has 0 saturated carbocycles. The second kappa shape index (κ2) is 8.60. The fourth-order valence-corrected chi connectivity index (χ4v) is 3.81. The largest absolute Gasteiger partial charge is 0.497 e. The monoisotopic (exact) mass is 393 g/mol. The highest BCUT2D eigenvalue weighted by Gasteiger charge is 2.21. The zero-order chi connectivity index (χ0) is 19.3. The van der Waals surface area contributed by atoms with Gasteiger partial charge in [0.05, 0.1) is 31.3 Å². The summed E-state index contributed by atoms with van der Waals surface area (Å²) in [7, 11) is -0.620. The van der Waals surface area contributed by atoms with E-state index >= 15 is 0 Å². The van der Waals surface area contributed by atoms with Crippen LogP contribution in [0.25, 0.3) is 0 Å². The minimum Gasteiger partial charge on any atom is -0.497 e. The quantitative estimate of drug-likeness (QED) is 0.778. The van der Waals surface area contributed by atoms with Gasteiger partial charge in [-0.05, 0) is 29.8 Å². The van der Waals surface area contributed by atoms with E-state index in [1.807, 2.05) is 24.3 Å². The summed E-state index contributed by atoms with van der Waals surface area (Å²) in [5.74, 6) is 1.67. The summed E-state index contributed by atoms with van der Waals surface area (Å²) in [5.41, 5.74) is 0.818. The van der Waals surface area contributed by atoms with Crippen LogP contribution in [-0.2, 0) is 14.8 Å². The number of sulfonamides is 1. The Bertz CT molecular complexity index is 884. The first-order valence-corrected chi connectivity index (χ1v) is 10.1. The van der Waals surface area contributed by atoms with Crippen LogP contribution in [0, 0.1) is 0 Å². The van der Waals surface area contributed by atoms with E-state index in [9.17, 15) is 8.42 Å². The summed E-state index contributed by atoms with van der Waals surface area (Å²) in [6, 6.07) is 11.9. The van der Waals surface area contributed by atoms with E-state index in [1.165, 1.54) is 19.2 Å². The van der Waals surface area contributed by atoms with Crippen molar-refractivity contribution >= 4 is 10.0 Å². The highest BCUT2D eigenvalue weighted by atomic mass is 32.2. The van der Waals surface area contributed by atoms with Gasteiger partial charge in [-0.1, -0.05) is 12.1 Å². The molecule has 1 unspecified atom stereocenters. The average molecular weight is 393 g/mol. The van der Waals surface area contributed by atoms with E-state index < -0.39 is 16.1 Å². The Hall–Kier alpha value is -2.29. The maximum Gasteiger partial charge on any atom is 0.240 e. The molecule has 0 saturated heterocycles. The van der Waals surface area contributed by atoms with Gasteiger partial charge in [-0.2, -0.15) is 0 Å². The van der Waals surface area contributed by atoms with Crippen LogP contribution in [0.2, 0.25) is 0 Å². The molecule has 7 nitrogen and oxygen atoms in total. The van der Waals surface area contributed by atoms with Crippen LogP contribution in [-0.4, -0.2) is 42.4 Å². The van der Waals surface area contributed by atoms with Crippen LogP contribution < -0.4 is 18.9 Å². The second-order valence-corrected chi connectivity index (χ2v) is 7.78. The zero-order valence-electron chi connectivity index (χ0n) is 15.3. The summed E-state index contributed by atoms with van der Waals surface area (Å²) in [4.78, 5) is 0.118. The number of nitrogens with one attached hydrogen (secondary N) is 1. The molecule has 0 bridgehead atoms. The predicted octanol–water partition coefficient (Wildman–Crippen LogP) is 2.52. The lowest BCUT2D eigenvalue weighted by molar-refractivity contribution is 0.107. The van der Waals surface area contributed by atoms with Gasteiger partial charge in [-0.3, -0.25) is 0 Å². The summed E-state index contributed by atoms with van der Waals surface area (Å²) < 4.78 is 49.7. The first-order chi connectivity index (χ1) is 13.0. The second-order valence-electron chi connectivity index (χ2n) is 6.01. The van der Waals surface area contributed by atoms with Gasteiger partial charge >= 0.3 is 0 Å². The van der Waals surface area contributed by atoms with Crippen molar-refractivity contribution < 1.29 is 27.4 Å². The highest BCUT2D eigenvalue weighted by molar-refractivity contribution is 7.89. The first-order valence-electron chi connectivity index (χ1n) is 8.59. The molecule has 2 aromatic rings. The van der Waals surface area contributed by atoms with Gasteiger partial charge in [-0.25, -0.2) is 13.1 Å². The van der Waals surface area contributed by atoms with Crippen LogP contribution in [0.3, 0.4) is 0 Å². The van der Waals surface area contributed by atoms with Gasteiger partial charge in [0.2, 0.25) is 10.0 Å². The lowest BCUT2D eigenvalue weighted by Gasteiger charge is -2.18. The molecular formula is C19H23NO6S. The molecule has 1 aliphatic heterocycles. The Balaban J connectivity index is 1.74. The molecule has 0 radical (unpaired) electrons. The van der Waals surface area contributed by atoms with Crippen LogP contribution in [0.4, 0.5) is 0 Å². The third kappa shape index (κ3) is 4.71. The molecule has 2 aromatic carbocycles. The molecule has 8 heteroatoms. The van der Waals surface area contributed by atoms with E-state index in [2.05, 4.69) is 4.72 Å². The number of hydrogen-bond acceptors (Lipinski definition) is 6. The van der Waals surface area contributed by atoms with Crippen LogP contribution in [0.5, 0.6) is 17.2 Å².